The molecule has 0 aliphatic carbocycles. The maximum atomic E-state index is 5.98. The van der Waals surface area contributed by atoms with E-state index < -0.39 is 0 Å². The molecule has 1 aromatic carbocycles. The second-order valence-electron chi connectivity index (χ2n) is 8.88. The van der Waals surface area contributed by atoms with E-state index >= 15 is 0 Å². The molecule has 0 radical (unpaired) electrons. The van der Waals surface area contributed by atoms with Crippen LogP contribution in [0.4, 0.5) is 0 Å². The summed E-state index contributed by atoms with van der Waals surface area (Å²) in [7, 11) is 2.20. The van der Waals surface area contributed by atoms with Crippen LogP contribution in [0.2, 0.25) is 0 Å². The van der Waals surface area contributed by atoms with Crippen molar-refractivity contribution in [1.82, 2.24) is 20.4 Å². The number of aryl methyl sites for hydroxylation is 1. The summed E-state index contributed by atoms with van der Waals surface area (Å²) in [6.07, 6.45) is 0. The molecule has 1 fully saturated rings. The summed E-state index contributed by atoms with van der Waals surface area (Å²) in [5.74, 6) is 2.33. The zero-order valence-corrected chi connectivity index (χ0v) is 21.1. The molecule has 1 atom stereocenters. The van der Waals surface area contributed by atoms with Crippen LogP contribution in [0.3, 0.4) is 0 Å². The van der Waals surface area contributed by atoms with E-state index in [9.17, 15) is 0 Å². The van der Waals surface area contributed by atoms with Crippen molar-refractivity contribution < 1.29 is 9.47 Å². The van der Waals surface area contributed by atoms with Gasteiger partial charge in [-0.25, -0.2) is 4.99 Å². The summed E-state index contributed by atoms with van der Waals surface area (Å²) >= 11 is 0. The standard InChI is InChI=1S/C25H45N5O2/c1-7-26-25(28-19-23(20(3)4)30-13-11-29(6)12-14-30)27-18-22-10-9-21(5)17-24(22)32-16-15-31-8-2/h9-10,17,20,23H,7-8,11-16,18-19H2,1-6H3,(H2,26,27,28). The van der Waals surface area contributed by atoms with E-state index in [0.29, 0.717) is 38.3 Å². The Morgan fingerprint density at radius 2 is 1.84 bits per heavy atom. The molecule has 1 aromatic rings. The maximum Gasteiger partial charge on any atom is 0.191 e. The number of nitrogens with zero attached hydrogens (tertiary/aromatic N) is 3. The van der Waals surface area contributed by atoms with Crippen LogP contribution in [0.15, 0.2) is 23.2 Å². The summed E-state index contributed by atoms with van der Waals surface area (Å²) in [4.78, 5) is 9.89. The predicted molar refractivity (Wildman–Crippen MR) is 134 cm³/mol. The van der Waals surface area contributed by atoms with Crippen LogP contribution < -0.4 is 15.4 Å². The quantitative estimate of drug-likeness (QED) is 0.292. The normalized spacial score (nSPS) is 16.9. The molecule has 1 heterocycles. The van der Waals surface area contributed by atoms with Gasteiger partial charge in [0.25, 0.3) is 0 Å². The van der Waals surface area contributed by atoms with Crippen LogP contribution in [0.25, 0.3) is 0 Å². The van der Waals surface area contributed by atoms with Crippen molar-refractivity contribution in [3.63, 3.8) is 0 Å². The van der Waals surface area contributed by atoms with Crippen molar-refractivity contribution in [2.45, 2.75) is 47.2 Å². The van der Waals surface area contributed by atoms with E-state index in [2.05, 4.69) is 73.4 Å². The molecule has 2 rings (SSSR count). The van der Waals surface area contributed by atoms with Gasteiger partial charge in [-0.1, -0.05) is 26.0 Å². The lowest BCUT2D eigenvalue weighted by molar-refractivity contribution is 0.0900. The highest BCUT2D eigenvalue weighted by Crippen LogP contribution is 2.21. The van der Waals surface area contributed by atoms with Crippen LogP contribution in [-0.2, 0) is 11.3 Å². The maximum absolute atomic E-state index is 5.98. The fourth-order valence-corrected chi connectivity index (χ4v) is 3.93. The molecule has 7 nitrogen and oxygen atoms in total. The average molecular weight is 448 g/mol. The number of piperazine rings is 1. The summed E-state index contributed by atoms with van der Waals surface area (Å²) in [5.41, 5.74) is 2.27. The van der Waals surface area contributed by atoms with Gasteiger partial charge in [0.1, 0.15) is 12.4 Å². The van der Waals surface area contributed by atoms with Gasteiger partial charge in [-0.3, -0.25) is 4.90 Å². The Morgan fingerprint density at radius 3 is 2.50 bits per heavy atom. The Morgan fingerprint density at radius 1 is 1.09 bits per heavy atom. The van der Waals surface area contributed by atoms with E-state index in [0.717, 1.165) is 56.5 Å². The SMILES string of the molecule is CCNC(=NCc1ccc(C)cc1OCCOCC)NCC(C(C)C)N1CCN(C)CC1. The van der Waals surface area contributed by atoms with Gasteiger partial charge < -0.3 is 25.0 Å². The number of rotatable bonds is 12. The molecule has 0 bridgehead atoms. The fraction of sp³-hybridized carbons (Fsp3) is 0.720. The zero-order chi connectivity index (χ0) is 23.3. The molecule has 0 amide bonds. The first-order chi connectivity index (χ1) is 15.4. The molecule has 2 N–H and O–H groups in total. The molecular formula is C25H45N5O2. The Bertz CT molecular complexity index is 687. The Labute approximate surface area is 195 Å². The summed E-state index contributed by atoms with van der Waals surface area (Å²) in [6.45, 7) is 19.5. The number of likely N-dealkylation sites (N-methyl/N-ethyl adjacent to an activating group) is 1. The van der Waals surface area contributed by atoms with E-state index in [-0.39, 0.29) is 0 Å². The summed E-state index contributed by atoms with van der Waals surface area (Å²) < 4.78 is 11.4. The number of benzene rings is 1. The zero-order valence-electron chi connectivity index (χ0n) is 21.1. The molecule has 0 aromatic heterocycles. The van der Waals surface area contributed by atoms with Crippen molar-refractivity contribution >= 4 is 5.96 Å². The number of nitrogens with one attached hydrogen (secondary N) is 2. The Kier molecular flexibility index (Phi) is 11.8. The minimum Gasteiger partial charge on any atom is -0.491 e. The van der Waals surface area contributed by atoms with E-state index in [4.69, 9.17) is 14.5 Å². The van der Waals surface area contributed by atoms with E-state index in [1.54, 1.807) is 0 Å². The topological polar surface area (TPSA) is 61.4 Å². The van der Waals surface area contributed by atoms with Crippen molar-refractivity contribution in [1.29, 1.82) is 0 Å². The highest BCUT2D eigenvalue weighted by atomic mass is 16.5. The lowest BCUT2D eigenvalue weighted by Gasteiger charge is -2.40. The van der Waals surface area contributed by atoms with Gasteiger partial charge >= 0.3 is 0 Å². The third-order valence-electron chi connectivity index (χ3n) is 5.92. The van der Waals surface area contributed by atoms with Gasteiger partial charge in [0, 0.05) is 57.5 Å². The number of hydrogen-bond acceptors (Lipinski definition) is 5. The molecule has 1 saturated heterocycles. The largest absolute Gasteiger partial charge is 0.491 e. The smallest absolute Gasteiger partial charge is 0.191 e. The second kappa shape index (κ2) is 14.3. The van der Waals surface area contributed by atoms with Crippen LogP contribution in [0, 0.1) is 12.8 Å². The average Bonchev–Trinajstić information content (AvgIpc) is 2.77. The summed E-state index contributed by atoms with van der Waals surface area (Å²) in [6, 6.07) is 6.80. The predicted octanol–water partition coefficient (Wildman–Crippen LogP) is 2.74. The van der Waals surface area contributed by atoms with Crippen LogP contribution in [-0.4, -0.2) is 87.9 Å². The van der Waals surface area contributed by atoms with Crippen LogP contribution in [0.5, 0.6) is 5.75 Å². The molecule has 0 saturated carbocycles. The Hall–Kier alpha value is -1.83. The first-order valence-corrected chi connectivity index (χ1v) is 12.2. The molecule has 0 spiro atoms. The lowest BCUT2D eigenvalue weighted by atomic mass is 10.0. The van der Waals surface area contributed by atoms with Crippen LogP contribution >= 0.6 is 0 Å². The summed E-state index contributed by atoms with van der Waals surface area (Å²) in [5, 5.41) is 6.99. The minimum absolute atomic E-state index is 0.490. The fourth-order valence-electron chi connectivity index (χ4n) is 3.93. The molecule has 1 aliphatic rings. The minimum atomic E-state index is 0.490. The van der Waals surface area contributed by atoms with Crippen LogP contribution in [0.1, 0.15) is 38.8 Å². The van der Waals surface area contributed by atoms with Crippen molar-refractivity contribution in [2.24, 2.45) is 10.9 Å². The molecule has 7 heteroatoms. The van der Waals surface area contributed by atoms with Crippen molar-refractivity contribution in [2.75, 3.05) is 66.1 Å². The molecule has 1 aliphatic heterocycles. The van der Waals surface area contributed by atoms with Gasteiger partial charge in [-0.2, -0.15) is 0 Å². The van der Waals surface area contributed by atoms with Gasteiger partial charge in [-0.15, -0.1) is 0 Å². The van der Waals surface area contributed by atoms with Gasteiger partial charge in [0.15, 0.2) is 5.96 Å². The van der Waals surface area contributed by atoms with E-state index in [1.165, 1.54) is 5.56 Å². The monoisotopic (exact) mass is 447 g/mol. The Balaban J connectivity index is 2.01. The molecule has 182 valence electrons. The highest BCUT2D eigenvalue weighted by molar-refractivity contribution is 5.79. The third-order valence-corrected chi connectivity index (χ3v) is 5.92. The second-order valence-corrected chi connectivity index (χ2v) is 8.88. The molecule has 1 unspecified atom stereocenters. The first-order valence-electron chi connectivity index (χ1n) is 12.2. The first kappa shape index (κ1) is 26.4. The lowest BCUT2D eigenvalue weighted by Crippen LogP contribution is -2.55. The van der Waals surface area contributed by atoms with E-state index in [1.807, 2.05) is 6.92 Å². The molecular weight excluding hydrogens is 402 g/mol. The van der Waals surface area contributed by atoms with Gasteiger partial charge in [0.2, 0.25) is 0 Å². The van der Waals surface area contributed by atoms with Crippen molar-refractivity contribution in [3.8, 4) is 5.75 Å². The number of ether oxygens (including phenoxy) is 2. The van der Waals surface area contributed by atoms with Gasteiger partial charge in [-0.05, 0) is 45.4 Å². The molecule has 32 heavy (non-hydrogen) atoms. The number of aliphatic imine (C=N–C) groups is 1. The highest BCUT2D eigenvalue weighted by Gasteiger charge is 2.25. The number of guanidine groups is 1. The third kappa shape index (κ3) is 8.96. The van der Waals surface area contributed by atoms with Gasteiger partial charge in [0.05, 0.1) is 13.2 Å². The number of hydrogen-bond donors (Lipinski definition) is 2. The van der Waals surface area contributed by atoms with Crippen molar-refractivity contribution in [3.05, 3.63) is 29.3 Å².